The first-order valence-electron chi connectivity index (χ1n) is 11.5. The first-order chi connectivity index (χ1) is 15.5. The van der Waals surface area contributed by atoms with Crippen molar-refractivity contribution >= 4 is 23.6 Å². The maximum Gasteiger partial charge on any atom is 0.242 e. The first kappa shape index (κ1) is 24.3. The van der Waals surface area contributed by atoms with Crippen molar-refractivity contribution in [1.82, 2.24) is 10.2 Å². The third-order valence-corrected chi connectivity index (χ3v) is 6.99. The Balaban J connectivity index is 1.59. The normalized spacial score (nSPS) is 15.2. The van der Waals surface area contributed by atoms with E-state index in [4.69, 9.17) is 0 Å². The fourth-order valence-corrected chi connectivity index (χ4v) is 4.90. The van der Waals surface area contributed by atoms with Crippen LogP contribution >= 0.6 is 11.8 Å². The van der Waals surface area contributed by atoms with Crippen molar-refractivity contribution in [1.29, 1.82) is 0 Å². The van der Waals surface area contributed by atoms with Crippen LogP contribution in [0, 0.1) is 5.82 Å². The van der Waals surface area contributed by atoms with Crippen molar-refractivity contribution in [3.8, 4) is 0 Å². The molecule has 6 heteroatoms. The van der Waals surface area contributed by atoms with Crippen molar-refractivity contribution in [2.24, 2.45) is 0 Å². The number of amides is 2. The molecule has 0 saturated heterocycles. The van der Waals surface area contributed by atoms with Crippen LogP contribution in [0.25, 0.3) is 0 Å². The lowest BCUT2D eigenvalue weighted by atomic mass is 9.95. The summed E-state index contributed by atoms with van der Waals surface area (Å²) in [7, 11) is 0. The van der Waals surface area contributed by atoms with Crippen LogP contribution in [0.4, 0.5) is 4.39 Å². The summed E-state index contributed by atoms with van der Waals surface area (Å²) in [6, 6.07) is 15.9. The number of carbonyl (C=O) groups excluding carboxylic acids is 2. The van der Waals surface area contributed by atoms with Crippen molar-refractivity contribution in [3.05, 3.63) is 71.5 Å². The number of rotatable bonds is 10. The molecule has 0 radical (unpaired) electrons. The standard InChI is InChI=1S/C26H33FN2O2S/c1-20(26(31)28-24-10-6-3-7-11-24)29(18-21-12-14-23(27)15-13-21)25(30)16-17-32-19-22-8-4-2-5-9-22/h2,4-5,8-9,12-15,20,24H,3,6-7,10-11,16-19H2,1H3,(H,28,31). The maximum atomic E-state index is 13.3. The molecule has 1 aliphatic rings. The number of hydrogen-bond donors (Lipinski definition) is 1. The maximum absolute atomic E-state index is 13.3. The van der Waals surface area contributed by atoms with Gasteiger partial charge in [-0.2, -0.15) is 11.8 Å². The molecule has 1 fully saturated rings. The molecule has 4 nitrogen and oxygen atoms in total. The minimum atomic E-state index is -0.575. The third-order valence-electron chi connectivity index (χ3n) is 5.96. The summed E-state index contributed by atoms with van der Waals surface area (Å²) in [5.41, 5.74) is 2.04. The first-order valence-corrected chi connectivity index (χ1v) is 12.6. The molecule has 1 N–H and O–H groups in total. The Morgan fingerprint density at radius 3 is 2.41 bits per heavy atom. The molecule has 1 saturated carbocycles. The highest BCUT2D eigenvalue weighted by atomic mass is 32.2. The zero-order valence-corrected chi connectivity index (χ0v) is 19.6. The lowest BCUT2D eigenvalue weighted by Gasteiger charge is -2.31. The summed E-state index contributed by atoms with van der Waals surface area (Å²) in [6.07, 6.45) is 5.85. The Labute approximate surface area is 195 Å². The van der Waals surface area contributed by atoms with Crippen LogP contribution in [0.5, 0.6) is 0 Å². The molecule has 2 amide bonds. The average Bonchev–Trinajstić information content (AvgIpc) is 2.82. The molecule has 0 aliphatic heterocycles. The average molecular weight is 457 g/mol. The summed E-state index contributed by atoms with van der Waals surface area (Å²) in [6.45, 7) is 2.08. The van der Waals surface area contributed by atoms with Crippen LogP contribution in [-0.2, 0) is 21.9 Å². The second-order valence-corrected chi connectivity index (χ2v) is 9.56. The summed E-state index contributed by atoms with van der Waals surface area (Å²) >= 11 is 1.71. The smallest absolute Gasteiger partial charge is 0.242 e. The van der Waals surface area contributed by atoms with Crippen molar-refractivity contribution in [3.63, 3.8) is 0 Å². The topological polar surface area (TPSA) is 49.4 Å². The summed E-state index contributed by atoms with van der Waals surface area (Å²) in [5.74, 6) is 1.06. The zero-order valence-electron chi connectivity index (χ0n) is 18.8. The molecular formula is C26H33FN2O2S. The van der Waals surface area contributed by atoms with Crippen molar-refractivity contribution < 1.29 is 14.0 Å². The van der Waals surface area contributed by atoms with Gasteiger partial charge in [0.1, 0.15) is 11.9 Å². The Bertz CT molecular complexity index is 854. The van der Waals surface area contributed by atoms with Gasteiger partial charge in [-0.1, -0.05) is 61.7 Å². The van der Waals surface area contributed by atoms with Crippen LogP contribution in [-0.4, -0.2) is 34.6 Å². The van der Waals surface area contributed by atoms with E-state index in [0.29, 0.717) is 18.7 Å². The van der Waals surface area contributed by atoms with E-state index < -0.39 is 6.04 Å². The van der Waals surface area contributed by atoms with E-state index >= 15 is 0 Å². The predicted octanol–water partition coefficient (Wildman–Crippen LogP) is 5.32. The Morgan fingerprint density at radius 1 is 1.03 bits per heavy atom. The van der Waals surface area contributed by atoms with E-state index in [1.807, 2.05) is 18.2 Å². The Morgan fingerprint density at radius 2 is 1.72 bits per heavy atom. The lowest BCUT2D eigenvalue weighted by molar-refractivity contribution is -0.140. The van der Waals surface area contributed by atoms with E-state index in [-0.39, 0.29) is 23.7 Å². The van der Waals surface area contributed by atoms with Gasteiger partial charge in [0, 0.05) is 30.5 Å². The van der Waals surface area contributed by atoms with Crippen LogP contribution in [0.1, 0.15) is 56.6 Å². The molecule has 0 aromatic heterocycles. The van der Waals surface area contributed by atoms with Crippen LogP contribution in [0.15, 0.2) is 54.6 Å². The third kappa shape index (κ3) is 7.66. The number of benzene rings is 2. The molecule has 1 atom stereocenters. The van der Waals surface area contributed by atoms with Gasteiger partial charge in [0.25, 0.3) is 0 Å². The number of nitrogens with zero attached hydrogens (tertiary/aromatic N) is 1. The van der Waals surface area contributed by atoms with Gasteiger partial charge in [0.2, 0.25) is 11.8 Å². The largest absolute Gasteiger partial charge is 0.352 e. The van der Waals surface area contributed by atoms with Gasteiger partial charge in [-0.05, 0) is 43.0 Å². The molecule has 3 rings (SSSR count). The monoisotopic (exact) mass is 456 g/mol. The fourth-order valence-electron chi connectivity index (χ4n) is 4.01. The number of hydrogen-bond acceptors (Lipinski definition) is 3. The minimum Gasteiger partial charge on any atom is -0.352 e. The minimum absolute atomic E-state index is 0.0545. The molecule has 0 bridgehead atoms. The van der Waals surface area contributed by atoms with Gasteiger partial charge in [-0.3, -0.25) is 9.59 Å². The van der Waals surface area contributed by atoms with E-state index in [1.54, 1.807) is 35.7 Å². The highest BCUT2D eigenvalue weighted by Gasteiger charge is 2.27. The van der Waals surface area contributed by atoms with E-state index in [0.717, 1.165) is 37.0 Å². The van der Waals surface area contributed by atoms with Gasteiger partial charge in [0.15, 0.2) is 0 Å². The van der Waals surface area contributed by atoms with Crippen molar-refractivity contribution in [2.45, 2.75) is 69.8 Å². The fraction of sp³-hybridized carbons (Fsp3) is 0.462. The summed E-state index contributed by atoms with van der Waals surface area (Å²) in [5, 5.41) is 3.14. The SMILES string of the molecule is CC(C(=O)NC1CCCCC1)N(Cc1ccc(F)cc1)C(=O)CCSCc1ccccc1. The zero-order chi connectivity index (χ0) is 22.8. The van der Waals surface area contributed by atoms with E-state index in [1.165, 1.54) is 24.1 Å². The molecule has 2 aromatic carbocycles. The van der Waals surface area contributed by atoms with Gasteiger partial charge in [-0.25, -0.2) is 4.39 Å². The number of nitrogens with one attached hydrogen (secondary N) is 1. The molecule has 0 spiro atoms. The van der Waals surface area contributed by atoms with Crippen LogP contribution < -0.4 is 5.32 Å². The second kappa shape index (κ2) is 12.6. The highest BCUT2D eigenvalue weighted by molar-refractivity contribution is 7.98. The van der Waals surface area contributed by atoms with Crippen molar-refractivity contribution in [2.75, 3.05) is 5.75 Å². The summed E-state index contributed by atoms with van der Waals surface area (Å²) < 4.78 is 13.3. The van der Waals surface area contributed by atoms with Gasteiger partial charge in [0.05, 0.1) is 0 Å². The van der Waals surface area contributed by atoms with E-state index in [2.05, 4.69) is 17.4 Å². The molecule has 1 aliphatic carbocycles. The lowest BCUT2D eigenvalue weighted by Crippen LogP contribution is -2.50. The Kier molecular flexibility index (Phi) is 9.60. The molecule has 2 aromatic rings. The second-order valence-electron chi connectivity index (χ2n) is 8.46. The van der Waals surface area contributed by atoms with Gasteiger partial charge >= 0.3 is 0 Å². The van der Waals surface area contributed by atoms with Crippen LogP contribution in [0.2, 0.25) is 0 Å². The number of carbonyl (C=O) groups is 2. The molecule has 1 unspecified atom stereocenters. The summed E-state index contributed by atoms with van der Waals surface area (Å²) in [4.78, 5) is 27.7. The van der Waals surface area contributed by atoms with Crippen LogP contribution in [0.3, 0.4) is 0 Å². The number of thioether (sulfide) groups is 1. The van der Waals surface area contributed by atoms with Gasteiger partial charge < -0.3 is 10.2 Å². The molecule has 32 heavy (non-hydrogen) atoms. The highest BCUT2D eigenvalue weighted by Crippen LogP contribution is 2.19. The quantitative estimate of drug-likeness (QED) is 0.493. The molecule has 0 heterocycles. The number of halogens is 1. The Hall–Kier alpha value is -2.34. The molecular weight excluding hydrogens is 423 g/mol. The van der Waals surface area contributed by atoms with Gasteiger partial charge in [-0.15, -0.1) is 0 Å². The predicted molar refractivity (Wildman–Crippen MR) is 129 cm³/mol. The molecule has 172 valence electrons. The van der Waals surface area contributed by atoms with E-state index in [9.17, 15) is 14.0 Å².